The van der Waals surface area contributed by atoms with Crippen LogP contribution in [0.4, 0.5) is 0 Å². The fourth-order valence-electron chi connectivity index (χ4n) is 2.41. The van der Waals surface area contributed by atoms with E-state index in [2.05, 4.69) is 10.4 Å². The van der Waals surface area contributed by atoms with Crippen LogP contribution in [0.3, 0.4) is 0 Å². The lowest BCUT2D eigenvalue weighted by Crippen LogP contribution is -2.39. The molecule has 0 N–H and O–H groups in total. The van der Waals surface area contributed by atoms with Crippen LogP contribution in [0.25, 0.3) is 0 Å². The number of rotatable bonds is 6. The van der Waals surface area contributed by atoms with Crippen molar-refractivity contribution in [2.45, 2.75) is 6.92 Å². The zero-order valence-corrected chi connectivity index (χ0v) is 13.1. The Hall–Kier alpha value is -1.91. The number of ketones is 1. The Bertz CT molecular complexity index is 436. The minimum atomic E-state index is -0.764. The van der Waals surface area contributed by atoms with Gasteiger partial charge in [-0.3, -0.25) is 29.1 Å². The van der Waals surface area contributed by atoms with Crippen molar-refractivity contribution in [3.8, 4) is 0 Å². The summed E-state index contributed by atoms with van der Waals surface area (Å²) in [6, 6.07) is 0. The fraction of sp³-hybridized carbons (Fsp3) is 0.769. The number of Topliss-reactive ketones (excluding diaryl/α,β-unsaturated/α-hetero) is 1. The molecule has 0 spiro atoms. The van der Waals surface area contributed by atoms with Crippen LogP contribution in [0.15, 0.2) is 10.4 Å². The lowest BCUT2D eigenvalue weighted by Gasteiger charge is -2.23. The van der Waals surface area contributed by atoms with Crippen LogP contribution >= 0.6 is 0 Å². The predicted molar refractivity (Wildman–Crippen MR) is 81.6 cm³/mol. The van der Waals surface area contributed by atoms with Gasteiger partial charge in [0.2, 0.25) is 0 Å². The summed E-state index contributed by atoms with van der Waals surface area (Å²) in [7, 11) is 0. The molecule has 1 heterocycles. The minimum Gasteiger partial charge on any atom is -0.299 e. The van der Waals surface area contributed by atoms with Crippen molar-refractivity contribution in [2.24, 2.45) is 10.4 Å². The number of nitrogens with zero attached hydrogens (tertiary/aromatic N) is 5. The van der Waals surface area contributed by atoms with Gasteiger partial charge >= 0.3 is 0 Å². The summed E-state index contributed by atoms with van der Waals surface area (Å²) in [4.78, 5) is 59.7. The molecule has 2 amide bonds. The summed E-state index contributed by atoms with van der Waals surface area (Å²) in [5.74, 6) is -1.52. The second-order valence-electron chi connectivity index (χ2n) is 5.50. The van der Waals surface area contributed by atoms with Gasteiger partial charge < -0.3 is 0 Å². The summed E-state index contributed by atoms with van der Waals surface area (Å²) in [5, 5.41) is 4.77. The van der Waals surface area contributed by atoms with Crippen LogP contribution in [0.1, 0.15) is 6.92 Å². The first-order valence-electron chi connectivity index (χ1n) is 7.33. The van der Waals surface area contributed by atoms with Crippen LogP contribution < -0.4 is 0 Å². The van der Waals surface area contributed by atoms with Crippen molar-refractivity contribution < 1.29 is 14.4 Å². The molecule has 1 aliphatic heterocycles. The largest absolute Gasteiger partial charge is 0.300 e. The van der Waals surface area contributed by atoms with Gasteiger partial charge in [0.05, 0.1) is 19.6 Å². The first-order valence-corrected chi connectivity index (χ1v) is 7.33. The summed E-state index contributed by atoms with van der Waals surface area (Å²) in [6.07, 6.45) is 0. The molecule has 0 aromatic heterocycles. The summed E-state index contributed by atoms with van der Waals surface area (Å²) < 4.78 is 0. The van der Waals surface area contributed by atoms with E-state index in [1.807, 2.05) is 4.90 Å². The van der Waals surface area contributed by atoms with E-state index in [-0.39, 0.29) is 25.4 Å². The molecule has 0 bridgehead atoms. The van der Waals surface area contributed by atoms with Gasteiger partial charge in [-0.1, -0.05) is 0 Å². The Morgan fingerprint density at radius 1 is 0.696 bits per heavy atom. The summed E-state index contributed by atoms with van der Waals surface area (Å²) >= 11 is 0. The van der Waals surface area contributed by atoms with Gasteiger partial charge in [0.25, 0.3) is 11.8 Å². The van der Waals surface area contributed by atoms with Crippen molar-refractivity contribution >= 4 is 17.6 Å². The molecule has 0 aromatic carbocycles. The Balaban J connectivity index is 2.74. The Kier molecular flexibility index (Phi) is 8.30. The number of hydrogen-bond donors (Lipinski definition) is 0. The highest BCUT2D eigenvalue weighted by Gasteiger charge is 2.20. The van der Waals surface area contributed by atoms with Crippen molar-refractivity contribution in [3.05, 3.63) is 9.81 Å². The summed E-state index contributed by atoms with van der Waals surface area (Å²) in [6.45, 7) is 4.55. The van der Waals surface area contributed by atoms with E-state index < -0.39 is 11.8 Å². The highest BCUT2D eigenvalue weighted by atomic mass is 16.3. The number of carbonyl (C=O) groups is 3. The number of hydrogen-bond acceptors (Lipinski definition) is 8. The van der Waals surface area contributed by atoms with E-state index in [1.54, 1.807) is 9.80 Å². The molecule has 1 rings (SSSR count). The lowest BCUT2D eigenvalue weighted by atomic mass is 10.3. The fourth-order valence-corrected chi connectivity index (χ4v) is 2.41. The third kappa shape index (κ3) is 7.77. The normalized spacial score (nSPS) is 18.5. The monoisotopic (exact) mass is 327 g/mol. The molecule has 128 valence electrons. The molecule has 23 heavy (non-hydrogen) atoms. The molecule has 0 saturated carbocycles. The molecule has 0 unspecified atom stereocenters. The highest BCUT2D eigenvalue weighted by Crippen LogP contribution is 2.02. The number of carbonyl (C=O) groups excluding carboxylic acids is 3. The van der Waals surface area contributed by atoms with Gasteiger partial charge in [0.15, 0.2) is 0 Å². The SMILES string of the molecule is CC(=O)CN1CCN(CC(=O)N=O)CCN(CC(=O)N=O)CC1. The predicted octanol–water partition coefficient (Wildman–Crippen LogP) is -0.919. The molecule has 0 atom stereocenters. The second kappa shape index (κ2) is 9.98. The van der Waals surface area contributed by atoms with Crippen molar-refractivity contribution in [2.75, 3.05) is 58.9 Å². The maximum Gasteiger partial charge on any atom is 0.300 e. The molecular weight excluding hydrogens is 306 g/mol. The van der Waals surface area contributed by atoms with Crippen LogP contribution in [-0.4, -0.2) is 91.2 Å². The third-order valence-corrected chi connectivity index (χ3v) is 3.57. The Labute approximate surface area is 133 Å². The zero-order chi connectivity index (χ0) is 17.2. The maximum absolute atomic E-state index is 11.3. The van der Waals surface area contributed by atoms with E-state index in [4.69, 9.17) is 0 Å². The van der Waals surface area contributed by atoms with Crippen LogP contribution in [0.2, 0.25) is 0 Å². The van der Waals surface area contributed by atoms with Gasteiger partial charge in [-0.05, 0) is 6.92 Å². The maximum atomic E-state index is 11.3. The Morgan fingerprint density at radius 3 is 1.26 bits per heavy atom. The number of nitroso groups, excluding NO2 is 2. The van der Waals surface area contributed by atoms with Gasteiger partial charge in [0.1, 0.15) is 5.78 Å². The van der Waals surface area contributed by atoms with Crippen LogP contribution in [-0.2, 0) is 14.4 Å². The number of amides is 2. The molecule has 1 aliphatic rings. The third-order valence-electron chi connectivity index (χ3n) is 3.57. The topological polar surface area (TPSA) is 120 Å². The van der Waals surface area contributed by atoms with Gasteiger partial charge in [-0.25, -0.2) is 0 Å². The molecule has 0 aliphatic carbocycles. The minimum absolute atomic E-state index is 0.0126. The highest BCUT2D eigenvalue weighted by molar-refractivity contribution is 5.79. The molecule has 0 aromatic rings. The van der Waals surface area contributed by atoms with Crippen molar-refractivity contribution in [3.63, 3.8) is 0 Å². The molecular formula is C13H21N5O5. The van der Waals surface area contributed by atoms with Gasteiger partial charge in [-0.15, -0.1) is 9.81 Å². The first-order chi connectivity index (χ1) is 10.9. The quantitative estimate of drug-likeness (QED) is 0.574. The summed E-state index contributed by atoms with van der Waals surface area (Å²) in [5.41, 5.74) is 0. The van der Waals surface area contributed by atoms with Crippen LogP contribution in [0.5, 0.6) is 0 Å². The standard InChI is InChI=1S/C13H21N5O5/c1-11(19)8-16-2-4-17(9-12(20)14-22)6-7-18(5-3-16)10-13(21)15-23/h2-10H2,1H3. The molecule has 1 fully saturated rings. The molecule has 0 radical (unpaired) electrons. The van der Waals surface area contributed by atoms with E-state index in [9.17, 15) is 24.2 Å². The first kappa shape index (κ1) is 19.1. The molecule has 1 saturated heterocycles. The van der Waals surface area contributed by atoms with Crippen molar-refractivity contribution in [1.82, 2.24) is 14.7 Å². The van der Waals surface area contributed by atoms with E-state index in [1.165, 1.54) is 6.92 Å². The van der Waals surface area contributed by atoms with E-state index in [0.717, 1.165) is 0 Å². The van der Waals surface area contributed by atoms with Gasteiger partial charge in [-0.2, -0.15) is 0 Å². The van der Waals surface area contributed by atoms with E-state index in [0.29, 0.717) is 39.3 Å². The second-order valence-corrected chi connectivity index (χ2v) is 5.50. The van der Waals surface area contributed by atoms with Crippen molar-refractivity contribution in [1.29, 1.82) is 0 Å². The smallest absolute Gasteiger partial charge is 0.299 e. The Morgan fingerprint density at radius 2 is 1.00 bits per heavy atom. The average Bonchev–Trinajstić information content (AvgIpc) is 2.60. The van der Waals surface area contributed by atoms with Crippen LogP contribution in [0, 0.1) is 9.81 Å². The van der Waals surface area contributed by atoms with Gasteiger partial charge in [0, 0.05) is 49.6 Å². The molecule has 10 heteroatoms. The molecule has 10 nitrogen and oxygen atoms in total. The average molecular weight is 327 g/mol. The van der Waals surface area contributed by atoms with E-state index >= 15 is 0 Å². The zero-order valence-electron chi connectivity index (χ0n) is 13.1. The lowest BCUT2D eigenvalue weighted by molar-refractivity contribution is -0.120.